The van der Waals surface area contributed by atoms with Crippen molar-refractivity contribution in [1.82, 2.24) is 9.38 Å². The van der Waals surface area contributed by atoms with Crippen molar-refractivity contribution >= 4 is 33.0 Å². The van der Waals surface area contributed by atoms with Crippen LogP contribution in [0.2, 0.25) is 0 Å². The molecule has 0 aliphatic rings. The Hall–Kier alpha value is -2.66. The first kappa shape index (κ1) is 15.8. The molecule has 4 aromatic rings. The lowest BCUT2D eigenvalue weighted by molar-refractivity contribution is 0.485. The fraction of sp³-hybridized carbons (Fsp3) is 0.0500. The van der Waals surface area contributed by atoms with Crippen LogP contribution in [0.4, 0.5) is 15.8 Å². The van der Waals surface area contributed by atoms with E-state index in [0.717, 1.165) is 32.8 Å². The summed E-state index contributed by atoms with van der Waals surface area (Å²) in [7, 11) is 0. The summed E-state index contributed by atoms with van der Waals surface area (Å²) in [6, 6.07) is 19.5. The van der Waals surface area contributed by atoms with E-state index in [1.807, 2.05) is 65.2 Å². The molecule has 0 amide bonds. The largest absolute Gasteiger partial charge is 0.352 e. The maximum Gasteiger partial charge on any atom is 0.161 e. The van der Waals surface area contributed by atoms with Gasteiger partial charge in [0.2, 0.25) is 0 Å². The maximum absolute atomic E-state index is 13.0. The Labute approximate surface area is 153 Å². The average molecular weight is 396 g/mol. The first-order valence-electron chi connectivity index (χ1n) is 7.88. The third kappa shape index (κ3) is 3.15. The monoisotopic (exact) mass is 395 g/mol. The molecular formula is C20H15BrFN3. The lowest BCUT2D eigenvalue weighted by atomic mass is 10.0. The van der Waals surface area contributed by atoms with Crippen molar-refractivity contribution in [2.45, 2.75) is 6.67 Å². The molecule has 0 saturated carbocycles. The van der Waals surface area contributed by atoms with E-state index in [2.05, 4.69) is 26.2 Å². The fourth-order valence-corrected chi connectivity index (χ4v) is 3.19. The van der Waals surface area contributed by atoms with E-state index < -0.39 is 6.67 Å². The third-order valence-corrected chi connectivity index (χ3v) is 4.61. The van der Waals surface area contributed by atoms with Crippen molar-refractivity contribution in [2.24, 2.45) is 0 Å². The standard InChI is InChI=1S/C20H15BrFN3/c21-19-12-23-20-18(24-17-7-2-1-3-8-17)10-16(13-25(19)20)15-6-4-5-14(9-15)11-22/h1-10,12-13,24H,11H2. The topological polar surface area (TPSA) is 29.3 Å². The van der Waals surface area contributed by atoms with Gasteiger partial charge in [-0.15, -0.1) is 0 Å². The van der Waals surface area contributed by atoms with Crippen LogP contribution in [0.15, 0.2) is 77.7 Å². The minimum atomic E-state index is -0.472. The van der Waals surface area contributed by atoms with Crippen LogP contribution in [0.25, 0.3) is 16.8 Å². The van der Waals surface area contributed by atoms with Gasteiger partial charge < -0.3 is 5.32 Å². The molecule has 0 spiro atoms. The lowest BCUT2D eigenvalue weighted by Crippen LogP contribution is -1.97. The van der Waals surface area contributed by atoms with Gasteiger partial charge in [-0.3, -0.25) is 4.40 Å². The number of benzene rings is 2. The third-order valence-electron chi connectivity index (χ3n) is 4.03. The molecule has 0 unspecified atom stereocenters. The zero-order chi connectivity index (χ0) is 17.2. The molecule has 0 bridgehead atoms. The van der Waals surface area contributed by atoms with Crippen LogP contribution in [0.1, 0.15) is 5.56 Å². The van der Waals surface area contributed by atoms with Gasteiger partial charge in [-0.1, -0.05) is 36.4 Å². The van der Waals surface area contributed by atoms with E-state index in [0.29, 0.717) is 5.56 Å². The van der Waals surface area contributed by atoms with Crippen molar-refractivity contribution in [1.29, 1.82) is 0 Å². The fourth-order valence-electron chi connectivity index (χ4n) is 2.82. The summed E-state index contributed by atoms with van der Waals surface area (Å²) in [5, 5.41) is 3.42. The van der Waals surface area contributed by atoms with Gasteiger partial charge in [0.1, 0.15) is 11.3 Å². The van der Waals surface area contributed by atoms with E-state index in [4.69, 9.17) is 0 Å². The normalized spacial score (nSPS) is 11.0. The second-order valence-corrected chi connectivity index (χ2v) is 6.55. The molecular weight excluding hydrogens is 381 g/mol. The molecule has 2 heterocycles. The van der Waals surface area contributed by atoms with E-state index in [9.17, 15) is 4.39 Å². The zero-order valence-corrected chi connectivity index (χ0v) is 14.9. The number of para-hydroxylation sites is 1. The molecule has 3 nitrogen and oxygen atoms in total. The highest BCUT2D eigenvalue weighted by atomic mass is 79.9. The van der Waals surface area contributed by atoms with E-state index in [1.54, 1.807) is 12.3 Å². The van der Waals surface area contributed by atoms with Gasteiger partial charge in [-0.25, -0.2) is 9.37 Å². The lowest BCUT2D eigenvalue weighted by Gasteiger charge is -2.12. The Balaban J connectivity index is 1.86. The number of imidazole rings is 1. The van der Waals surface area contributed by atoms with Gasteiger partial charge in [-0.2, -0.15) is 0 Å². The first-order chi connectivity index (χ1) is 12.2. The molecule has 25 heavy (non-hydrogen) atoms. The van der Waals surface area contributed by atoms with Gasteiger partial charge >= 0.3 is 0 Å². The molecule has 1 N–H and O–H groups in total. The highest BCUT2D eigenvalue weighted by molar-refractivity contribution is 9.10. The maximum atomic E-state index is 13.0. The van der Waals surface area contributed by atoms with Crippen LogP contribution in [-0.4, -0.2) is 9.38 Å². The summed E-state index contributed by atoms with van der Waals surface area (Å²) in [6.45, 7) is -0.472. The van der Waals surface area contributed by atoms with Gasteiger partial charge in [0.25, 0.3) is 0 Å². The summed E-state index contributed by atoms with van der Waals surface area (Å²) >= 11 is 3.53. The van der Waals surface area contributed by atoms with Gasteiger partial charge in [0, 0.05) is 17.4 Å². The highest BCUT2D eigenvalue weighted by Crippen LogP contribution is 2.30. The summed E-state index contributed by atoms with van der Waals surface area (Å²) in [5.74, 6) is 0. The molecule has 5 heteroatoms. The molecule has 0 atom stereocenters. The van der Waals surface area contributed by atoms with Crippen LogP contribution in [0, 0.1) is 0 Å². The van der Waals surface area contributed by atoms with E-state index in [-0.39, 0.29) is 0 Å². The number of aromatic nitrogens is 2. The van der Waals surface area contributed by atoms with Gasteiger partial charge in [0.15, 0.2) is 5.65 Å². The minimum Gasteiger partial charge on any atom is -0.352 e. The summed E-state index contributed by atoms with van der Waals surface area (Å²) < 4.78 is 15.9. The van der Waals surface area contributed by atoms with E-state index in [1.165, 1.54) is 0 Å². The number of halogens is 2. The number of pyridine rings is 1. The Bertz CT molecular complexity index is 1030. The van der Waals surface area contributed by atoms with Crippen LogP contribution in [-0.2, 0) is 6.67 Å². The smallest absolute Gasteiger partial charge is 0.161 e. The molecule has 124 valence electrons. The predicted octanol–water partition coefficient (Wildman–Crippen LogP) is 5.98. The van der Waals surface area contributed by atoms with Crippen molar-refractivity contribution in [3.05, 3.63) is 83.2 Å². The number of rotatable bonds is 4. The number of hydrogen-bond acceptors (Lipinski definition) is 2. The molecule has 2 aromatic carbocycles. The zero-order valence-electron chi connectivity index (χ0n) is 13.3. The number of hydrogen-bond donors (Lipinski definition) is 1. The molecule has 0 radical (unpaired) electrons. The summed E-state index contributed by atoms with van der Waals surface area (Å²) in [6.07, 6.45) is 3.77. The van der Waals surface area contributed by atoms with Crippen LogP contribution in [0.5, 0.6) is 0 Å². The molecule has 0 aliphatic heterocycles. The molecule has 2 aromatic heterocycles. The minimum absolute atomic E-state index is 0.472. The Morgan fingerprint density at radius 3 is 2.64 bits per heavy atom. The van der Waals surface area contributed by atoms with Crippen LogP contribution < -0.4 is 5.32 Å². The molecule has 0 fully saturated rings. The number of nitrogens with one attached hydrogen (secondary N) is 1. The first-order valence-corrected chi connectivity index (χ1v) is 8.68. The van der Waals surface area contributed by atoms with E-state index >= 15 is 0 Å². The van der Waals surface area contributed by atoms with Gasteiger partial charge in [-0.05, 0) is 51.3 Å². The second-order valence-electron chi connectivity index (χ2n) is 5.74. The number of alkyl halides is 1. The Morgan fingerprint density at radius 1 is 1.00 bits per heavy atom. The van der Waals surface area contributed by atoms with Crippen molar-refractivity contribution in [3.63, 3.8) is 0 Å². The van der Waals surface area contributed by atoms with Crippen molar-refractivity contribution in [2.75, 3.05) is 5.32 Å². The summed E-state index contributed by atoms with van der Waals surface area (Å²) in [5.41, 5.74) is 5.31. The molecule has 4 rings (SSSR count). The number of fused-ring (bicyclic) bond motifs is 1. The second kappa shape index (κ2) is 6.69. The Morgan fingerprint density at radius 2 is 1.84 bits per heavy atom. The Kier molecular flexibility index (Phi) is 4.24. The number of nitrogens with zero attached hydrogens (tertiary/aromatic N) is 2. The molecule has 0 saturated heterocycles. The quantitative estimate of drug-likeness (QED) is 0.460. The predicted molar refractivity (Wildman–Crippen MR) is 103 cm³/mol. The SMILES string of the molecule is FCc1cccc(-c2cc(Nc3ccccc3)c3ncc(Br)n3c2)c1. The van der Waals surface area contributed by atoms with Crippen molar-refractivity contribution < 1.29 is 4.39 Å². The summed E-state index contributed by atoms with van der Waals surface area (Å²) in [4.78, 5) is 4.48. The number of anilines is 2. The van der Waals surface area contributed by atoms with Crippen molar-refractivity contribution in [3.8, 4) is 11.1 Å². The average Bonchev–Trinajstić information content (AvgIpc) is 3.04. The van der Waals surface area contributed by atoms with Crippen LogP contribution in [0.3, 0.4) is 0 Å². The van der Waals surface area contributed by atoms with Gasteiger partial charge in [0.05, 0.1) is 11.9 Å². The molecule has 0 aliphatic carbocycles. The van der Waals surface area contributed by atoms with Crippen LogP contribution >= 0.6 is 15.9 Å². The highest BCUT2D eigenvalue weighted by Gasteiger charge is 2.11.